The summed E-state index contributed by atoms with van der Waals surface area (Å²) in [4.78, 5) is 25.5. The van der Waals surface area contributed by atoms with E-state index in [0.29, 0.717) is 23.5 Å². The molecule has 0 radical (unpaired) electrons. The lowest BCUT2D eigenvalue weighted by atomic mass is 9.50. The van der Waals surface area contributed by atoms with Crippen LogP contribution in [0.1, 0.15) is 53.9 Å². The molecule has 124 valence electrons. The Morgan fingerprint density at radius 2 is 1.83 bits per heavy atom. The van der Waals surface area contributed by atoms with E-state index in [1.807, 2.05) is 13.8 Å². The summed E-state index contributed by atoms with van der Waals surface area (Å²) in [7, 11) is 0. The first kappa shape index (κ1) is 16.2. The molecular formula is C20H26O3. The summed E-state index contributed by atoms with van der Waals surface area (Å²) in [5.41, 5.74) is 1.23. The Balaban J connectivity index is 2.24. The predicted molar refractivity (Wildman–Crippen MR) is 89.9 cm³/mol. The normalized spacial score (nSPS) is 33.2. The number of fused-ring (bicyclic) bond motifs is 2. The molecule has 3 nitrogen and oxygen atoms in total. The van der Waals surface area contributed by atoms with Crippen molar-refractivity contribution in [2.24, 2.45) is 22.7 Å². The molecular weight excluding hydrogens is 288 g/mol. The maximum atomic E-state index is 12.9. The molecule has 0 unspecified atom stereocenters. The smallest absolute Gasteiger partial charge is 0.233 e. The number of carbonyl (C=O) groups is 2. The molecule has 0 aromatic carbocycles. The van der Waals surface area contributed by atoms with Crippen LogP contribution in [0.25, 0.3) is 0 Å². The van der Waals surface area contributed by atoms with Crippen LogP contribution >= 0.6 is 0 Å². The fourth-order valence-corrected chi connectivity index (χ4v) is 5.09. The number of ketones is 2. The number of Topliss-reactive ketones (excluding diaryl/α,β-unsaturated/α-hetero) is 2. The van der Waals surface area contributed by atoms with E-state index in [2.05, 4.69) is 32.9 Å². The van der Waals surface area contributed by atoms with E-state index in [4.69, 9.17) is 0 Å². The Morgan fingerprint density at radius 1 is 1.17 bits per heavy atom. The Kier molecular flexibility index (Phi) is 3.48. The van der Waals surface area contributed by atoms with Gasteiger partial charge in [-0.25, -0.2) is 0 Å². The molecule has 0 saturated carbocycles. The number of aliphatic hydroxyl groups is 1. The summed E-state index contributed by atoms with van der Waals surface area (Å²) < 4.78 is 0. The van der Waals surface area contributed by atoms with Gasteiger partial charge in [0.15, 0.2) is 0 Å². The first-order valence-corrected chi connectivity index (χ1v) is 8.55. The van der Waals surface area contributed by atoms with E-state index >= 15 is 0 Å². The van der Waals surface area contributed by atoms with Crippen molar-refractivity contribution < 1.29 is 14.7 Å². The van der Waals surface area contributed by atoms with Gasteiger partial charge in [0.05, 0.1) is 0 Å². The monoisotopic (exact) mass is 314 g/mol. The highest BCUT2D eigenvalue weighted by molar-refractivity contribution is 6.50. The van der Waals surface area contributed by atoms with Crippen LogP contribution in [-0.2, 0) is 9.59 Å². The van der Waals surface area contributed by atoms with Crippen LogP contribution < -0.4 is 0 Å². The standard InChI is InChI=1S/C20H26O3/c1-11(2)14-16(21)12-7-8-13-19(3,4)9-6-10-20(13,5)15(12)18(23)17(14)22/h6,9,11,13,21H,7-8,10H2,1-5H3/t13-,20-/m0/s1. The molecule has 0 aromatic rings. The van der Waals surface area contributed by atoms with Gasteiger partial charge in [0, 0.05) is 22.1 Å². The highest BCUT2D eigenvalue weighted by atomic mass is 16.3. The zero-order chi connectivity index (χ0) is 17.2. The number of hydrogen-bond acceptors (Lipinski definition) is 3. The van der Waals surface area contributed by atoms with E-state index in [0.717, 1.165) is 18.4 Å². The van der Waals surface area contributed by atoms with Gasteiger partial charge in [0.25, 0.3) is 0 Å². The molecule has 0 amide bonds. The lowest BCUT2D eigenvalue weighted by molar-refractivity contribution is -0.134. The summed E-state index contributed by atoms with van der Waals surface area (Å²) in [6.07, 6.45) is 6.72. The lowest BCUT2D eigenvalue weighted by Crippen LogP contribution is -2.48. The van der Waals surface area contributed by atoms with Gasteiger partial charge >= 0.3 is 0 Å². The second kappa shape index (κ2) is 4.93. The van der Waals surface area contributed by atoms with Crippen molar-refractivity contribution in [1.82, 2.24) is 0 Å². The first-order valence-electron chi connectivity index (χ1n) is 8.55. The number of hydrogen-bond donors (Lipinski definition) is 1. The van der Waals surface area contributed by atoms with Crippen molar-refractivity contribution in [2.45, 2.75) is 53.9 Å². The van der Waals surface area contributed by atoms with E-state index in [-0.39, 0.29) is 28.3 Å². The van der Waals surface area contributed by atoms with Crippen molar-refractivity contribution in [2.75, 3.05) is 0 Å². The molecule has 2 atom stereocenters. The molecule has 3 rings (SSSR count). The average molecular weight is 314 g/mol. The minimum atomic E-state index is -0.509. The molecule has 0 aromatic heterocycles. The molecule has 0 saturated heterocycles. The molecule has 0 aliphatic heterocycles. The molecule has 1 N–H and O–H groups in total. The molecule has 0 bridgehead atoms. The molecule has 0 fully saturated rings. The van der Waals surface area contributed by atoms with Crippen LogP contribution in [0.3, 0.4) is 0 Å². The van der Waals surface area contributed by atoms with Crippen LogP contribution in [0, 0.1) is 22.7 Å². The fourth-order valence-electron chi connectivity index (χ4n) is 5.09. The summed E-state index contributed by atoms with van der Waals surface area (Å²) in [5.74, 6) is -0.658. The van der Waals surface area contributed by atoms with Crippen LogP contribution in [0.4, 0.5) is 0 Å². The van der Waals surface area contributed by atoms with Gasteiger partial charge in [-0.15, -0.1) is 0 Å². The van der Waals surface area contributed by atoms with Crippen LogP contribution in [0.2, 0.25) is 0 Å². The van der Waals surface area contributed by atoms with Gasteiger partial charge in [-0.2, -0.15) is 0 Å². The third-order valence-electron chi connectivity index (χ3n) is 6.11. The Morgan fingerprint density at radius 3 is 2.43 bits per heavy atom. The largest absolute Gasteiger partial charge is 0.507 e. The predicted octanol–water partition coefficient (Wildman–Crippen LogP) is 4.31. The molecule has 23 heavy (non-hydrogen) atoms. The molecule has 3 aliphatic rings. The van der Waals surface area contributed by atoms with E-state index in [1.165, 1.54) is 0 Å². The van der Waals surface area contributed by atoms with Crippen LogP contribution in [0.5, 0.6) is 0 Å². The average Bonchev–Trinajstić information content (AvgIpc) is 2.43. The van der Waals surface area contributed by atoms with E-state index < -0.39 is 5.78 Å². The summed E-state index contributed by atoms with van der Waals surface area (Å²) in [6.45, 7) is 10.2. The van der Waals surface area contributed by atoms with Gasteiger partial charge < -0.3 is 5.11 Å². The Hall–Kier alpha value is -1.64. The van der Waals surface area contributed by atoms with Gasteiger partial charge in [0.1, 0.15) is 5.76 Å². The fraction of sp³-hybridized carbons (Fsp3) is 0.600. The number of aliphatic hydroxyl groups excluding tert-OH is 1. The van der Waals surface area contributed by atoms with Crippen molar-refractivity contribution in [1.29, 1.82) is 0 Å². The van der Waals surface area contributed by atoms with Crippen LogP contribution in [0.15, 0.2) is 34.6 Å². The number of carbonyl (C=O) groups excluding carboxylic acids is 2. The van der Waals surface area contributed by atoms with Crippen molar-refractivity contribution in [3.63, 3.8) is 0 Å². The molecule has 3 aliphatic carbocycles. The van der Waals surface area contributed by atoms with Gasteiger partial charge in [-0.1, -0.05) is 46.8 Å². The van der Waals surface area contributed by atoms with E-state index in [9.17, 15) is 14.7 Å². The lowest BCUT2D eigenvalue weighted by Gasteiger charge is -2.52. The maximum absolute atomic E-state index is 12.9. The summed E-state index contributed by atoms with van der Waals surface area (Å²) in [5, 5.41) is 10.7. The second-order valence-corrected chi connectivity index (χ2v) is 8.37. The second-order valence-electron chi connectivity index (χ2n) is 8.37. The van der Waals surface area contributed by atoms with Crippen molar-refractivity contribution in [3.05, 3.63) is 34.6 Å². The van der Waals surface area contributed by atoms with Gasteiger partial charge in [-0.3, -0.25) is 9.59 Å². The third-order valence-corrected chi connectivity index (χ3v) is 6.11. The highest BCUT2D eigenvalue weighted by Crippen LogP contribution is 2.59. The van der Waals surface area contributed by atoms with Crippen LogP contribution in [-0.4, -0.2) is 16.7 Å². The zero-order valence-corrected chi connectivity index (χ0v) is 14.7. The third kappa shape index (κ3) is 2.09. The quantitative estimate of drug-likeness (QED) is 0.446. The molecule has 0 heterocycles. The first-order chi connectivity index (χ1) is 10.6. The Bertz CT molecular complexity index is 688. The zero-order valence-electron chi connectivity index (χ0n) is 14.7. The Labute approximate surface area is 138 Å². The highest BCUT2D eigenvalue weighted by Gasteiger charge is 2.54. The van der Waals surface area contributed by atoms with E-state index in [1.54, 1.807) is 0 Å². The summed E-state index contributed by atoms with van der Waals surface area (Å²) in [6, 6.07) is 0. The number of rotatable bonds is 1. The molecule has 0 spiro atoms. The van der Waals surface area contributed by atoms with Crippen molar-refractivity contribution in [3.8, 4) is 0 Å². The van der Waals surface area contributed by atoms with Crippen molar-refractivity contribution >= 4 is 11.6 Å². The maximum Gasteiger partial charge on any atom is 0.233 e. The van der Waals surface area contributed by atoms with Gasteiger partial charge in [0.2, 0.25) is 11.6 Å². The minimum absolute atomic E-state index is 0.00742. The summed E-state index contributed by atoms with van der Waals surface area (Å²) >= 11 is 0. The number of allylic oxidation sites excluding steroid dienone is 5. The topological polar surface area (TPSA) is 54.4 Å². The molecule has 3 heteroatoms. The SMILES string of the molecule is CC(C)C1=C(O)C2=C(C(=O)C1=O)[C@@]1(C)CC=CC(C)(C)[C@@H]1CC2. The minimum Gasteiger partial charge on any atom is -0.507 e. The van der Waals surface area contributed by atoms with Gasteiger partial charge in [-0.05, 0) is 36.5 Å².